The van der Waals surface area contributed by atoms with Crippen LogP contribution in [0.15, 0.2) is 42.5 Å². The van der Waals surface area contributed by atoms with Crippen LogP contribution in [-0.4, -0.2) is 37.3 Å². The van der Waals surface area contributed by atoms with E-state index in [1.54, 1.807) is 6.92 Å². The quantitative estimate of drug-likeness (QED) is 0.412. The summed E-state index contributed by atoms with van der Waals surface area (Å²) in [6, 6.07) is 8.88. The van der Waals surface area contributed by atoms with Gasteiger partial charge < -0.3 is 19.5 Å². The summed E-state index contributed by atoms with van der Waals surface area (Å²) < 4.78 is 14.9. The van der Waals surface area contributed by atoms with Crippen LogP contribution in [-0.2, 0) is 30.4 Å². The van der Waals surface area contributed by atoms with Crippen molar-refractivity contribution in [3.05, 3.63) is 48.0 Å². The number of hydrogen-bond donors (Lipinski definition) is 1. The Balaban J connectivity index is 2.41. The fourth-order valence-electron chi connectivity index (χ4n) is 1.86. The van der Waals surface area contributed by atoms with Crippen molar-refractivity contribution < 1.29 is 28.6 Å². The number of esters is 2. The van der Waals surface area contributed by atoms with Crippen molar-refractivity contribution in [3.63, 3.8) is 0 Å². The number of benzene rings is 1. The lowest BCUT2D eigenvalue weighted by atomic mass is 10.1. The summed E-state index contributed by atoms with van der Waals surface area (Å²) in [6.07, 6.45) is 1.40. The molecular formula is C19H25NO6. The summed E-state index contributed by atoms with van der Waals surface area (Å²) >= 11 is 0. The smallest absolute Gasteiger partial charge is 0.407 e. The molecule has 0 aliphatic carbocycles. The predicted octanol–water partition coefficient (Wildman–Crippen LogP) is 2.60. The summed E-state index contributed by atoms with van der Waals surface area (Å²) in [5.74, 6) is -1.29. The Kier molecular flexibility index (Phi) is 9.53. The van der Waals surface area contributed by atoms with E-state index in [1.165, 1.54) is 0 Å². The van der Waals surface area contributed by atoms with Gasteiger partial charge in [0.25, 0.3) is 0 Å². The van der Waals surface area contributed by atoms with Crippen molar-refractivity contribution in [1.82, 2.24) is 5.32 Å². The standard InChI is InChI=1S/C19H25NO6/c1-4-24-17(21)10-11-18(22)25-13-16(14(2)3)20-19(23)26-12-15-8-6-5-7-9-15/h5-11,14,16H,4,12-13H2,1-3H3,(H,20,23)/b11-10+/t16-/m0/s1. The van der Waals surface area contributed by atoms with Crippen LogP contribution >= 0.6 is 0 Å². The molecule has 0 aromatic heterocycles. The Bertz CT molecular complexity index is 612. The van der Waals surface area contributed by atoms with Crippen LogP contribution in [0, 0.1) is 5.92 Å². The molecule has 1 aromatic rings. The molecule has 7 heteroatoms. The van der Waals surface area contributed by atoms with Crippen molar-refractivity contribution in [2.75, 3.05) is 13.2 Å². The highest BCUT2D eigenvalue weighted by Gasteiger charge is 2.18. The fraction of sp³-hybridized carbons (Fsp3) is 0.421. The highest BCUT2D eigenvalue weighted by molar-refractivity contribution is 5.91. The van der Waals surface area contributed by atoms with Crippen molar-refractivity contribution >= 4 is 18.0 Å². The fourth-order valence-corrected chi connectivity index (χ4v) is 1.86. The molecule has 1 N–H and O–H groups in total. The summed E-state index contributed by atoms with van der Waals surface area (Å²) in [4.78, 5) is 34.7. The molecule has 0 unspecified atom stereocenters. The van der Waals surface area contributed by atoms with E-state index in [0.717, 1.165) is 17.7 Å². The van der Waals surface area contributed by atoms with Crippen LogP contribution < -0.4 is 5.32 Å². The molecule has 1 amide bonds. The van der Waals surface area contributed by atoms with Gasteiger partial charge in [0.2, 0.25) is 0 Å². The molecule has 0 radical (unpaired) electrons. The zero-order chi connectivity index (χ0) is 19.4. The largest absolute Gasteiger partial charge is 0.463 e. The second-order valence-electron chi connectivity index (χ2n) is 5.77. The van der Waals surface area contributed by atoms with Gasteiger partial charge in [-0.2, -0.15) is 0 Å². The van der Waals surface area contributed by atoms with Gasteiger partial charge in [-0.3, -0.25) is 0 Å². The van der Waals surface area contributed by atoms with Crippen molar-refractivity contribution in [1.29, 1.82) is 0 Å². The van der Waals surface area contributed by atoms with E-state index in [4.69, 9.17) is 9.47 Å². The topological polar surface area (TPSA) is 90.9 Å². The summed E-state index contributed by atoms with van der Waals surface area (Å²) in [5.41, 5.74) is 0.874. The van der Waals surface area contributed by atoms with Gasteiger partial charge in [0, 0.05) is 12.2 Å². The Morgan fingerprint density at radius 3 is 2.19 bits per heavy atom. The molecule has 26 heavy (non-hydrogen) atoms. The Labute approximate surface area is 153 Å². The van der Waals surface area contributed by atoms with Crippen LogP contribution in [0.1, 0.15) is 26.3 Å². The molecule has 0 aliphatic rings. The molecule has 7 nitrogen and oxygen atoms in total. The number of amides is 1. The zero-order valence-electron chi connectivity index (χ0n) is 15.3. The molecule has 0 bridgehead atoms. The van der Waals surface area contributed by atoms with E-state index in [0.29, 0.717) is 0 Å². The van der Waals surface area contributed by atoms with Gasteiger partial charge in [0.1, 0.15) is 13.2 Å². The first-order valence-corrected chi connectivity index (χ1v) is 8.41. The van der Waals surface area contributed by atoms with Crippen LogP contribution in [0.4, 0.5) is 4.79 Å². The van der Waals surface area contributed by atoms with Gasteiger partial charge in [-0.25, -0.2) is 14.4 Å². The van der Waals surface area contributed by atoms with Gasteiger partial charge in [-0.05, 0) is 18.4 Å². The summed E-state index contributed by atoms with van der Waals surface area (Å²) in [6.45, 7) is 5.76. The normalized spacial score (nSPS) is 11.8. The number of alkyl carbamates (subject to hydrolysis) is 1. The van der Waals surface area contributed by atoms with Crippen molar-refractivity contribution in [3.8, 4) is 0 Å². The maximum absolute atomic E-state index is 11.9. The SMILES string of the molecule is CCOC(=O)/C=C/C(=O)OC[C@H](NC(=O)OCc1ccccc1)C(C)C. The Morgan fingerprint density at radius 2 is 1.62 bits per heavy atom. The third-order valence-electron chi connectivity index (χ3n) is 3.37. The van der Waals surface area contributed by atoms with E-state index in [2.05, 4.69) is 10.1 Å². The molecule has 0 saturated heterocycles. The Hall–Kier alpha value is -2.83. The first-order chi connectivity index (χ1) is 12.4. The number of carbonyl (C=O) groups excluding carboxylic acids is 3. The van der Waals surface area contributed by atoms with Gasteiger partial charge in [0.15, 0.2) is 0 Å². The van der Waals surface area contributed by atoms with E-state index >= 15 is 0 Å². The lowest BCUT2D eigenvalue weighted by Crippen LogP contribution is -2.42. The number of carbonyl (C=O) groups is 3. The summed E-state index contributed by atoms with van der Waals surface area (Å²) in [7, 11) is 0. The maximum atomic E-state index is 11.9. The maximum Gasteiger partial charge on any atom is 0.407 e. The average molecular weight is 363 g/mol. The highest BCUT2D eigenvalue weighted by Crippen LogP contribution is 2.05. The number of hydrogen-bond acceptors (Lipinski definition) is 6. The second kappa shape index (κ2) is 11.7. The second-order valence-corrected chi connectivity index (χ2v) is 5.77. The van der Waals surface area contributed by atoms with E-state index < -0.39 is 24.1 Å². The van der Waals surface area contributed by atoms with Crippen LogP contribution in [0.3, 0.4) is 0 Å². The van der Waals surface area contributed by atoms with Crippen LogP contribution in [0.25, 0.3) is 0 Å². The third kappa shape index (κ3) is 8.86. The number of nitrogens with one attached hydrogen (secondary N) is 1. The monoisotopic (exact) mass is 363 g/mol. The van der Waals surface area contributed by atoms with Gasteiger partial charge in [0.05, 0.1) is 12.6 Å². The number of rotatable bonds is 9. The highest BCUT2D eigenvalue weighted by atomic mass is 16.6. The number of ether oxygens (including phenoxy) is 3. The molecule has 1 atom stereocenters. The molecule has 0 aliphatic heterocycles. The molecular weight excluding hydrogens is 338 g/mol. The molecule has 0 heterocycles. The van der Waals surface area contributed by atoms with Crippen LogP contribution in [0.2, 0.25) is 0 Å². The minimum Gasteiger partial charge on any atom is -0.463 e. The van der Waals surface area contributed by atoms with E-state index in [1.807, 2.05) is 44.2 Å². The van der Waals surface area contributed by atoms with E-state index in [-0.39, 0.29) is 25.7 Å². The predicted molar refractivity (Wildman–Crippen MR) is 95.1 cm³/mol. The first kappa shape index (κ1) is 21.2. The van der Waals surface area contributed by atoms with Gasteiger partial charge in [-0.15, -0.1) is 0 Å². The average Bonchev–Trinajstić information content (AvgIpc) is 2.62. The minimum atomic E-state index is -0.692. The summed E-state index contributed by atoms with van der Waals surface area (Å²) in [5, 5.41) is 2.67. The molecule has 1 aromatic carbocycles. The lowest BCUT2D eigenvalue weighted by Gasteiger charge is -2.21. The molecule has 142 valence electrons. The van der Waals surface area contributed by atoms with Crippen LogP contribution in [0.5, 0.6) is 0 Å². The van der Waals surface area contributed by atoms with Crippen molar-refractivity contribution in [2.24, 2.45) is 5.92 Å². The molecule has 0 fully saturated rings. The Morgan fingerprint density at radius 1 is 1.00 bits per heavy atom. The minimum absolute atomic E-state index is 0.0149. The third-order valence-corrected chi connectivity index (χ3v) is 3.37. The molecule has 0 saturated carbocycles. The van der Waals surface area contributed by atoms with Crippen molar-refractivity contribution in [2.45, 2.75) is 33.4 Å². The van der Waals surface area contributed by atoms with E-state index in [9.17, 15) is 14.4 Å². The first-order valence-electron chi connectivity index (χ1n) is 8.41. The van der Waals surface area contributed by atoms with Gasteiger partial charge >= 0.3 is 18.0 Å². The molecule has 1 rings (SSSR count). The zero-order valence-corrected chi connectivity index (χ0v) is 15.3. The molecule has 0 spiro atoms. The lowest BCUT2D eigenvalue weighted by molar-refractivity contribution is -0.140. The van der Waals surface area contributed by atoms with Gasteiger partial charge in [-0.1, -0.05) is 44.2 Å².